The van der Waals surface area contributed by atoms with Crippen molar-refractivity contribution in [1.82, 2.24) is 15.0 Å². The zero-order chi connectivity index (χ0) is 18.0. The van der Waals surface area contributed by atoms with Crippen LogP contribution in [0.1, 0.15) is 37.3 Å². The predicted molar refractivity (Wildman–Crippen MR) is 95.0 cm³/mol. The van der Waals surface area contributed by atoms with Gasteiger partial charge in [-0.1, -0.05) is 32.0 Å². The van der Waals surface area contributed by atoms with Gasteiger partial charge in [0, 0.05) is 6.42 Å². The van der Waals surface area contributed by atoms with Gasteiger partial charge in [-0.2, -0.15) is 0 Å². The number of esters is 1. The number of carbonyl (C=O) groups excluding carboxylic acids is 1. The zero-order valence-corrected chi connectivity index (χ0v) is 14.6. The summed E-state index contributed by atoms with van der Waals surface area (Å²) in [7, 11) is 1.38. The molecule has 0 amide bonds. The molecule has 0 unspecified atom stereocenters. The Morgan fingerprint density at radius 2 is 1.84 bits per heavy atom. The molecular formula is C19H21N3O3. The number of ether oxygens (including phenoxy) is 1. The van der Waals surface area contributed by atoms with Crippen LogP contribution < -0.4 is 0 Å². The molecule has 3 aromatic rings. The Kier molecular flexibility index (Phi) is 4.70. The number of rotatable bonds is 5. The van der Waals surface area contributed by atoms with Crippen molar-refractivity contribution < 1.29 is 14.6 Å². The molecule has 1 heterocycles. The Hall–Kier alpha value is -2.89. The first-order valence-corrected chi connectivity index (χ1v) is 8.24. The van der Waals surface area contributed by atoms with E-state index in [1.54, 1.807) is 0 Å². The molecule has 0 fully saturated rings. The van der Waals surface area contributed by atoms with Crippen LogP contribution in [-0.2, 0) is 16.0 Å². The maximum atomic E-state index is 11.4. The van der Waals surface area contributed by atoms with Crippen LogP contribution in [0.3, 0.4) is 0 Å². The van der Waals surface area contributed by atoms with E-state index in [9.17, 15) is 9.90 Å². The summed E-state index contributed by atoms with van der Waals surface area (Å²) in [5.41, 5.74) is 3.77. The molecule has 1 aromatic heterocycles. The number of aromatic nitrogens is 3. The molecule has 0 radical (unpaired) electrons. The van der Waals surface area contributed by atoms with Gasteiger partial charge in [-0.25, -0.2) is 0 Å². The van der Waals surface area contributed by atoms with Crippen molar-refractivity contribution in [2.75, 3.05) is 7.11 Å². The lowest BCUT2D eigenvalue weighted by molar-refractivity contribution is -0.140. The second-order valence-corrected chi connectivity index (χ2v) is 6.26. The number of aromatic hydroxyl groups is 1. The maximum absolute atomic E-state index is 11.4. The third-order valence-electron chi connectivity index (χ3n) is 4.15. The molecular weight excluding hydrogens is 318 g/mol. The molecule has 0 spiro atoms. The first-order chi connectivity index (χ1) is 12.0. The number of benzene rings is 2. The van der Waals surface area contributed by atoms with Gasteiger partial charge in [0.15, 0.2) is 0 Å². The third-order valence-corrected chi connectivity index (χ3v) is 4.15. The van der Waals surface area contributed by atoms with Gasteiger partial charge in [0.2, 0.25) is 0 Å². The number of methoxy groups -OCH3 is 1. The molecule has 0 bridgehead atoms. The van der Waals surface area contributed by atoms with Gasteiger partial charge in [-0.15, -0.1) is 15.0 Å². The van der Waals surface area contributed by atoms with Crippen molar-refractivity contribution in [2.24, 2.45) is 0 Å². The largest absolute Gasteiger partial charge is 0.505 e. The maximum Gasteiger partial charge on any atom is 0.305 e. The van der Waals surface area contributed by atoms with Gasteiger partial charge in [0.25, 0.3) is 0 Å². The Balaban J connectivity index is 2.07. The highest BCUT2D eigenvalue weighted by molar-refractivity contribution is 5.74. The number of aryl methyl sites for hydroxylation is 1. The Morgan fingerprint density at radius 3 is 2.40 bits per heavy atom. The highest BCUT2D eigenvalue weighted by atomic mass is 16.5. The lowest BCUT2D eigenvalue weighted by Gasteiger charge is -2.14. The van der Waals surface area contributed by atoms with Crippen LogP contribution >= 0.6 is 0 Å². The van der Waals surface area contributed by atoms with E-state index in [2.05, 4.69) is 10.2 Å². The fourth-order valence-corrected chi connectivity index (χ4v) is 2.75. The van der Waals surface area contributed by atoms with E-state index in [0.29, 0.717) is 12.1 Å². The molecule has 0 aliphatic carbocycles. The van der Waals surface area contributed by atoms with Gasteiger partial charge in [-0.3, -0.25) is 4.79 Å². The number of hydrogen-bond donors (Lipinski definition) is 1. The van der Waals surface area contributed by atoms with Crippen LogP contribution in [0, 0.1) is 0 Å². The number of nitrogens with zero attached hydrogens (tertiary/aromatic N) is 3. The quantitative estimate of drug-likeness (QED) is 0.721. The molecule has 0 saturated carbocycles. The van der Waals surface area contributed by atoms with Crippen molar-refractivity contribution in [3.8, 4) is 11.4 Å². The normalized spacial score (nSPS) is 11.2. The summed E-state index contributed by atoms with van der Waals surface area (Å²) in [6.45, 7) is 4.02. The minimum atomic E-state index is -0.260. The highest BCUT2D eigenvalue weighted by Crippen LogP contribution is 2.33. The van der Waals surface area contributed by atoms with E-state index in [0.717, 1.165) is 22.2 Å². The fourth-order valence-electron chi connectivity index (χ4n) is 2.75. The molecule has 0 aliphatic heterocycles. The lowest BCUT2D eigenvalue weighted by atomic mass is 9.96. The monoisotopic (exact) mass is 339 g/mol. The second-order valence-electron chi connectivity index (χ2n) is 6.26. The van der Waals surface area contributed by atoms with Crippen LogP contribution in [0.5, 0.6) is 5.75 Å². The summed E-state index contributed by atoms with van der Waals surface area (Å²) < 4.78 is 4.71. The third kappa shape index (κ3) is 3.47. The van der Waals surface area contributed by atoms with E-state index < -0.39 is 0 Å². The van der Waals surface area contributed by atoms with Gasteiger partial charge in [-0.05, 0) is 41.7 Å². The summed E-state index contributed by atoms with van der Waals surface area (Å²) in [4.78, 5) is 12.9. The van der Waals surface area contributed by atoms with Crippen LogP contribution in [0.2, 0.25) is 0 Å². The van der Waals surface area contributed by atoms with E-state index in [-0.39, 0.29) is 24.1 Å². The summed E-state index contributed by atoms with van der Waals surface area (Å²) in [6.07, 6.45) is 0.813. The van der Waals surface area contributed by atoms with E-state index in [1.165, 1.54) is 11.9 Å². The van der Waals surface area contributed by atoms with Gasteiger partial charge < -0.3 is 9.84 Å². The SMILES string of the molecule is COC(=O)CCc1cc(C(C)C)c(O)c(-n2nc3ccccc3n2)c1. The van der Waals surface area contributed by atoms with Crippen molar-refractivity contribution in [3.05, 3.63) is 47.5 Å². The second kappa shape index (κ2) is 6.93. The van der Waals surface area contributed by atoms with Gasteiger partial charge in [0.05, 0.1) is 7.11 Å². The van der Waals surface area contributed by atoms with Crippen LogP contribution in [0.15, 0.2) is 36.4 Å². The molecule has 3 rings (SSSR count). The van der Waals surface area contributed by atoms with Crippen molar-refractivity contribution >= 4 is 17.0 Å². The summed E-state index contributed by atoms with van der Waals surface area (Å²) in [5.74, 6) is 0.0302. The van der Waals surface area contributed by atoms with Crippen molar-refractivity contribution in [1.29, 1.82) is 0 Å². The first-order valence-electron chi connectivity index (χ1n) is 8.24. The van der Waals surface area contributed by atoms with E-state index >= 15 is 0 Å². The van der Waals surface area contributed by atoms with Crippen LogP contribution in [-0.4, -0.2) is 33.2 Å². The minimum absolute atomic E-state index is 0.127. The lowest BCUT2D eigenvalue weighted by Crippen LogP contribution is -2.06. The number of phenols is 1. The Labute approximate surface area is 146 Å². The summed E-state index contributed by atoms with van der Waals surface area (Å²) in [5, 5.41) is 19.6. The van der Waals surface area contributed by atoms with Crippen molar-refractivity contribution in [2.45, 2.75) is 32.6 Å². The molecule has 0 aliphatic rings. The highest BCUT2D eigenvalue weighted by Gasteiger charge is 2.17. The topological polar surface area (TPSA) is 77.2 Å². The molecule has 25 heavy (non-hydrogen) atoms. The molecule has 2 aromatic carbocycles. The average Bonchev–Trinajstić information content (AvgIpc) is 3.04. The number of hydrogen-bond acceptors (Lipinski definition) is 5. The first kappa shape index (κ1) is 17.0. The van der Waals surface area contributed by atoms with Gasteiger partial charge in [0.1, 0.15) is 22.5 Å². The standard InChI is InChI=1S/C19H21N3O3/c1-12(2)14-10-13(8-9-18(23)25-3)11-17(19(14)24)22-20-15-6-4-5-7-16(15)21-22/h4-7,10-12,24H,8-9H2,1-3H3. The predicted octanol–water partition coefficient (Wildman–Crippen LogP) is 3.36. The minimum Gasteiger partial charge on any atom is -0.505 e. The Bertz CT molecular complexity index is 882. The number of carbonyl (C=O) groups is 1. The molecule has 130 valence electrons. The fraction of sp³-hybridized carbons (Fsp3) is 0.316. The van der Waals surface area contributed by atoms with E-state index in [1.807, 2.05) is 50.2 Å². The number of fused-ring (bicyclic) bond motifs is 1. The van der Waals surface area contributed by atoms with Crippen LogP contribution in [0.4, 0.5) is 0 Å². The van der Waals surface area contributed by atoms with Gasteiger partial charge >= 0.3 is 5.97 Å². The molecule has 6 nitrogen and oxygen atoms in total. The van der Waals surface area contributed by atoms with E-state index in [4.69, 9.17) is 4.74 Å². The molecule has 1 N–H and O–H groups in total. The summed E-state index contributed by atoms with van der Waals surface area (Å²) >= 11 is 0. The molecule has 6 heteroatoms. The Morgan fingerprint density at radius 1 is 1.20 bits per heavy atom. The zero-order valence-electron chi connectivity index (χ0n) is 14.6. The smallest absolute Gasteiger partial charge is 0.305 e. The average molecular weight is 339 g/mol. The number of phenolic OH excluding ortho intramolecular Hbond substituents is 1. The molecule has 0 saturated heterocycles. The van der Waals surface area contributed by atoms with Crippen molar-refractivity contribution in [3.63, 3.8) is 0 Å². The van der Waals surface area contributed by atoms with Crippen LogP contribution in [0.25, 0.3) is 16.7 Å². The molecule has 0 atom stereocenters. The summed E-state index contributed by atoms with van der Waals surface area (Å²) in [6, 6.07) is 11.3.